The smallest absolute Gasteiger partial charge is 0.416 e. The fourth-order valence-corrected chi connectivity index (χ4v) is 6.85. The summed E-state index contributed by atoms with van der Waals surface area (Å²) in [5.41, 5.74) is 3.28. The monoisotopic (exact) mass is 793 g/mol. The van der Waals surface area contributed by atoms with Gasteiger partial charge in [-0.3, -0.25) is 14.4 Å². The first-order valence-corrected chi connectivity index (χ1v) is 19.8. The highest BCUT2D eigenvalue weighted by molar-refractivity contribution is 5.95. The summed E-state index contributed by atoms with van der Waals surface area (Å²) in [6.07, 6.45) is 5.95. The van der Waals surface area contributed by atoms with Crippen molar-refractivity contribution in [1.82, 2.24) is 14.7 Å². The van der Waals surface area contributed by atoms with Gasteiger partial charge in [-0.1, -0.05) is 124 Å². The molecule has 3 heterocycles. The van der Waals surface area contributed by atoms with E-state index in [1.165, 1.54) is 14.7 Å². The lowest BCUT2D eigenvalue weighted by atomic mass is 10.0. The molecule has 0 spiro atoms. The maximum Gasteiger partial charge on any atom is 0.416 e. The molecule has 0 aliphatic carbocycles. The second-order valence-corrected chi connectivity index (χ2v) is 14.5. The highest BCUT2D eigenvalue weighted by Gasteiger charge is 2.41. The number of nitrogens with zero attached hydrogens (tertiary/aromatic N) is 3. The SMILES string of the molecule is C=CC[C@@H](C)C(=O)N1C(=O)OC[C@@H]1Cc1ccccc1.C=CC[C@H](C)C(=O)N1C(=O)OC[C@H]1Cc1ccccc1.CCCC(=O)N1C(=O)OC[C@@H]1Cc1ccccc1. The summed E-state index contributed by atoms with van der Waals surface area (Å²) in [6.45, 7) is 13.6. The number of amides is 6. The third-order valence-electron chi connectivity index (χ3n) is 9.92. The van der Waals surface area contributed by atoms with E-state index in [0.717, 1.165) is 23.1 Å². The Morgan fingerprint density at radius 1 is 0.586 bits per heavy atom. The Morgan fingerprint density at radius 3 is 1.21 bits per heavy atom. The number of rotatable bonds is 14. The first-order chi connectivity index (χ1) is 28.0. The van der Waals surface area contributed by atoms with Gasteiger partial charge in [-0.25, -0.2) is 29.1 Å². The average Bonchev–Trinajstić information content (AvgIpc) is 3.90. The minimum absolute atomic E-state index is 0.138. The van der Waals surface area contributed by atoms with Gasteiger partial charge in [0.05, 0.1) is 18.1 Å². The second-order valence-electron chi connectivity index (χ2n) is 14.5. The molecule has 6 rings (SSSR count). The minimum Gasteiger partial charge on any atom is -0.447 e. The van der Waals surface area contributed by atoms with Gasteiger partial charge in [0, 0.05) is 18.3 Å². The van der Waals surface area contributed by atoms with Crippen molar-refractivity contribution in [3.05, 3.63) is 133 Å². The van der Waals surface area contributed by atoms with Gasteiger partial charge >= 0.3 is 18.3 Å². The van der Waals surface area contributed by atoms with Gasteiger partial charge in [-0.05, 0) is 55.2 Å². The summed E-state index contributed by atoms with van der Waals surface area (Å²) in [4.78, 5) is 75.5. The molecule has 3 aliphatic heterocycles. The topological polar surface area (TPSA) is 140 Å². The maximum atomic E-state index is 12.3. The molecule has 0 aromatic heterocycles. The van der Waals surface area contributed by atoms with Gasteiger partial charge in [-0.15, -0.1) is 13.2 Å². The number of hydrogen-bond acceptors (Lipinski definition) is 9. The Balaban J connectivity index is 0.000000193. The van der Waals surface area contributed by atoms with Crippen molar-refractivity contribution in [2.75, 3.05) is 19.8 Å². The van der Waals surface area contributed by atoms with E-state index < -0.39 is 18.3 Å². The predicted molar refractivity (Wildman–Crippen MR) is 219 cm³/mol. The molecule has 3 fully saturated rings. The van der Waals surface area contributed by atoms with Crippen LogP contribution in [0.1, 0.15) is 63.1 Å². The minimum atomic E-state index is -0.535. The molecular weight excluding hydrogens is 739 g/mol. The molecule has 0 saturated carbocycles. The molecule has 12 heteroatoms. The zero-order valence-electron chi connectivity index (χ0n) is 33.7. The normalized spacial score (nSPS) is 19.3. The number of allylic oxidation sites excluding steroid dienone is 2. The van der Waals surface area contributed by atoms with Gasteiger partial charge in [-0.2, -0.15) is 0 Å². The largest absolute Gasteiger partial charge is 0.447 e. The fourth-order valence-electron chi connectivity index (χ4n) is 6.85. The van der Waals surface area contributed by atoms with Crippen molar-refractivity contribution >= 4 is 36.0 Å². The summed E-state index contributed by atoms with van der Waals surface area (Å²) in [7, 11) is 0. The molecule has 6 amide bonds. The van der Waals surface area contributed by atoms with Crippen LogP contribution in [0.4, 0.5) is 14.4 Å². The number of carbonyl (C=O) groups is 6. The Kier molecular flexibility index (Phi) is 17.4. The Morgan fingerprint density at radius 2 is 0.897 bits per heavy atom. The van der Waals surface area contributed by atoms with Gasteiger partial charge < -0.3 is 14.2 Å². The van der Waals surface area contributed by atoms with Gasteiger partial charge in [0.2, 0.25) is 17.7 Å². The predicted octanol–water partition coefficient (Wildman–Crippen LogP) is 7.95. The fraction of sp³-hybridized carbons (Fsp3) is 0.391. The number of hydrogen-bond donors (Lipinski definition) is 0. The van der Waals surface area contributed by atoms with Crippen LogP contribution in [0.25, 0.3) is 0 Å². The Bertz CT molecular complexity index is 1760. The van der Waals surface area contributed by atoms with Crippen molar-refractivity contribution < 1.29 is 43.0 Å². The van der Waals surface area contributed by atoms with E-state index in [9.17, 15) is 28.8 Å². The van der Waals surface area contributed by atoms with Crippen LogP contribution in [-0.2, 0) is 47.9 Å². The molecule has 0 unspecified atom stereocenters. The van der Waals surface area contributed by atoms with Crippen molar-refractivity contribution in [2.45, 2.75) is 83.8 Å². The van der Waals surface area contributed by atoms with E-state index in [0.29, 0.717) is 45.1 Å². The summed E-state index contributed by atoms with van der Waals surface area (Å²) >= 11 is 0. The summed E-state index contributed by atoms with van der Waals surface area (Å²) < 4.78 is 15.1. The molecule has 5 atom stereocenters. The van der Waals surface area contributed by atoms with E-state index in [4.69, 9.17) is 14.2 Å². The quantitative estimate of drug-likeness (QED) is 0.118. The van der Waals surface area contributed by atoms with E-state index in [-0.39, 0.29) is 60.9 Å². The maximum absolute atomic E-state index is 12.3. The number of ether oxygens (including phenoxy) is 3. The molecule has 3 aliphatic rings. The van der Waals surface area contributed by atoms with Crippen LogP contribution < -0.4 is 0 Å². The molecule has 12 nitrogen and oxygen atoms in total. The molecule has 0 N–H and O–H groups in total. The van der Waals surface area contributed by atoms with Crippen molar-refractivity contribution in [3.8, 4) is 0 Å². The standard InChI is InChI=1S/2C16H19NO3.C14H17NO3/c2*1-3-7-12(2)15(18)17-14(11-20-16(17)19)10-13-8-5-4-6-9-13;1-2-6-13(16)15-12(10-18-14(15)17)9-11-7-4-3-5-8-11/h2*3-6,8-9,12,14H,1,7,10-11H2,2H3;3-5,7-8,12H,2,6,9-10H2,1H3/t2*12-,14+;12-/m100/s1. The van der Waals surface area contributed by atoms with Crippen molar-refractivity contribution in [1.29, 1.82) is 0 Å². The number of benzene rings is 3. The lowest BCUT2D eigenvalue weighted by Gasteiger charge is -2.22. The van der Waals surface area contributed by atoms with E-state index in [1.807, 2.05) is 97.9 Å². The van der Waals surface area contributed by atoms with Crippen LogP contribution in [0, 0.1) is 11.8 Å². The van der Waals surface area contributed by atoms with Crippen LogP contribution in [-0.4, -0.2) is 88.6 Å². The van der Waals surface area contributed by atoms with Gasteiger partial charge in [0.25, 0.3) is 0 Å². The zero-order chi connectivity index (χ0) is 42.0. The highest BCUT2D eigenvalue weighted by Crippen LogP contribution is 2.23. The first kappa shape index (κ1) is 44.7. The molecular formula is C46H55N3O9. The van der Waals surface area contributed by atoms with Crippen LogP contribution >= 0.6 is 0 Å². The molecule has 308 valence electrons. The molecule has 0 bridgehead atoms. The second kappa shape index (κ2) is 22.6. The Hall–Kier alpha value is -6.04. The molecule has 58 heavy (non-hydrogen) atoms. The van der Waals surface area contributed by atoms with Gasteiger partial charge in [0.15, 0.2) is 0 Å². The summed E-state index contributed by atoms with van der Waals surface area (Å²) in [6, 6.07) is 28.8. The first-order valence-electron chi connectivity index (χ1n) is 19.8. The molecule has 0 radical (unpaired) electrons. The third kappa shape index (κ3) is 12.5. The molecule has 3 aromatic rings. The number of carbonyl (C=O) groups excluding carboxylic acids is 6. The van der Waals surface area contributed by atoms with Crippen LogP contribution in [0.5, 0.6) is 0 Å². The van der Waals surface area contributed by atoms with Gasteiger partial charge in [0.1, 0.15) is 19.8 Å². The van der Waals surface area contributed by atoms with E-state index in [1.54, 1.807) is 26.0 Å². The highest BCUT2D eigenvalue weighted by atomic mass is 16.6. The summed E-state index contributed by atoms with van der Waals surface area (Å²) in [5.74, 6) is -1.02. The number of cyclic esters (lactones) is 3. The van der Waals surface area contributed by atoms with Crippen LogP contribution in [0.3, 0.4) is 0 Å². The van der Waals surface area contributed by atoms with E-state index in [2.05, 4.69) is 13.2 Å². The lowest BCUT2D eigenvalue weighted by molar-refractivity contribution is -0.133. The van der Waals surface area contributed by atoms with Crippen molar-refractivity contribution in [2.24, 2.45) is 11.8 Å². The van der Waals surface area contributed by atoms with E-state index >= 15 is 0 Å². The summed E-state index contributed by atoms with van der Waals surface area (Å²) in [5, 5.41) is 0. The Labute approximate surface area is 341 Å². The number of imide groups is 3. The third-order valence-corrected chi connectivity index (χ3v) is 9.92. The average molecular weight is 794 g/mol. The van der Waals surface area contributed by atoms with Crippen LogP contribution in [0.15, 0.2) is 116 Å². The van der Waals surface area contributed by atoms with Crippen LogP contribution in [0.2, 0.25) is 0 Å². The van der Waals surface area contributed by atoms with Crippen molar-refractivity contribution in [3.63, 3.8) is 0 Å². The lowest BCUT2D eigenvalue weighted by Crippen LogP contribution is -2.42. The zero-order valence-corrected chi connectivity index (χ0v) is 33.7. The molecule has 3 saturated heterocycles. The molecule has 3 aromatic carbocycles.